The molecule has 0 radical (unpaired) electrons. The van der Waals surface area contributed by atoms with Crippen LogP contribution in [0.25, 0.3) is 0 Å². The summed E-state index contributed by atoms with van der Waals surface area (Å²) in [6.07, 6.45) is -1.15. The lowest BCUT2D eigenvalue weighted by atomic mass is 10.1. The van der Waals surface area contributed by atoms with E-state index >= 15 is 0 Å². The van der Waals surface area contributed by atoms with Gasteiger partial charge in [-0.3, -0.25) is 24.5 Å². The van der Waals surface area contributed by atoms with E-state index in [1.165, 1.54) is 25.1 Å². The van der Waals surface area contributed by atoms with E-state index in [0.717, 1.165) is 5.56 Å². The number of nitrogens with zero attached hydrogens (tertiary/aromatic N) is 2. The summed E-state index contributed by atoms with van der Waals surface area (Å²) in [7, 11) is 0. The van der Waals surface area contributed by atoms with Crippen molar-refractivity contribution in [2.75, 3.05) is 11.9 Å². The number of anilines is 1. The van der Waals surface area contributed by atoms with Gasteiger partial charge in [0.1, 0.15) is 5.69 Å². The van der Waals surface area contributed by atoms with Crippen LogP contribution in [0.3, 0.4) is 0 Å². The van der Waals surface area contributed by atoms with Crippen LogP contribution in [0.4, 0.5) is 11.4 Å². The van der Waals surface area contributed by atoms with Crippen molar-refractivity contribution < 1.29 is 24.0 Å². The normalized spacial score (nSPS) is 16.8. The number of rotatable bonds is 7. The molecule has 0 bridgehead atoms. The standard InChI is InChI=1S/C21H21N3O6/c1-14(20(26)22-17-9-5-6-10-18(17)24(28)29)30-21(27)16-11-19(25)23(13-16)12-15-7-3-2-4-8-15/h2-10,14,16H,11-13H2,1H3,(H,22,26)/t14-,16+/m0/s1. The largest absolute Gasteiger partial charge is 0.452 e. The Morgan fingerprint density at radius 2 is 1.87 bits per heavy atom. The highest BCUT2D eigenvalue weighted by molar-refractivity contribution is 5.97. The molecule has 9 nitrogen and oxygen atoms in total. The van der Waals surface area contributed by atoms with Gasteiger partial charge in [-0.1, -0.05) is 42.5 Å². The molecule has 0 unspecified atom stereocenters. The monoisotopic (exact) mass is 411 g/mol. The van der Waals surface area contributed by atoms with Crippen molar-refractivity contribution in [2.24, 2.45) is 5.92 Å². The van der Waals surface area contributed by atoms with Gasteiger partial charge >= 0.3 is 5.97 Å². The SMILES string of the molecule is C[C@H](OC(=O)[C@@H]1CC(=O)N(Cc2ccccc2)C1)C(=O)Nc1ccccc1[N+](=O)[O-]. The van der Waals surface area contributed by atoms with E-state index in [0.29, 0.717) is 6.54 Å². The van der Waals surface area contributed by atoms with Gasteiger partial charge in [0.25, 0.3) is 11.6 Å². The Labute approximate surface area is 172 Å². The number of nitrogens with one attached hydrogen (secondary N) is 1. The minimum absolute atomic E-state index is 0.0143. The number of hydrogen-bond acceptors (Lipinski definition) is 6. The van der Waals surface area contributed by atoms with Crippen LogP contribution in [-0.4, -0.2) is 40.3 Å². The van der Waals surface area contributed by atoms with E-state index < -0.39 is 28.8 Å². The minimum Gasteiger partial charge on any atom is -0.452 e. The number of benzene rings is 2. The average molecular weight is 411 g/mol. The van der Waals surface area contributed by atoms with E-state index in [2.05, 4.69) is 5.32 Å². The van der Waals surface area contributed by atoms with E-state index in [-0.39, 0.29) is 30.2 Å². The van der Waals surface area contributed by atoms with E-state index in [9.17, 15) is 24.5 Å². The Hall–Kier alpha value is -3.75. The Bertz CT molecular complexity index is 962. The second-order valence-electron chi connectivity index (χ2n) is 7.00. The molecule has 9 heteroatoms. The fourth-order valence-corrected chi connectivity index (χ4v) is 3.18. The fraction of sp³-hybridized carbons (Fsp3) is 0.286. The molecule has 1 fully saturated rings. The van der Waals surface area contributed by atoms with Gasteiger partial charge in [0.05, 0.1) is 10.8 Å². The lowest BCUT2D eigenvalue weighted by Gasteiger charge is -2.18. The molecule has 1 aliphatic heterocycles. The quantitative estimate of drug-likeness (QED) is 0.425. The Kier molecular flexibility index (Phi) is 6.41. The number of esters is 1. The molecular weight excluding hydrogens is 390 g/mol. The van der Waals surface area contributed by atoms with Crippen molar-refractivity contribution in [3.05, 3.63) is 70.3 Å². The van der Waals surface area contributed by atoms with Crippen molar-refractivity contribution >= 4 is 29.2 Å². The molecule has 1 aliphatic rings. The predicted octanol–water partition coefficient (Wildman–Crippen LogP) is 2.51. The van der Waals surface area contributed by atoms with Crippen LogP contribution in [0.2, 0.25) is 0 Å². The van der Waals surface area contributed by atoms with Crippen LogP contribution in [0.1, 0.15) is 18.9 Å². The average Bonchev–Trinajstić information content (AvgIpc) is 3.09. The summed E-state index contributed by atoms with van der Waals surface area (Å²) in [4.78, 5) is 49.0. The molecule has 2 aromatic rings. The lowest BCUT2D eigenvalue weighted by Crippen LogP contribution is -2.33. The third kappa shape index (κ3) is 4.99. The smallest absolute Gasteiger partial charge is 0.312 e. The molecule has 3 rings (SSSR count). The third-order valence-corrected chi connectivity index (χ3v) is 4.78. The summed E-state index contributed by atoms with van der Waals surface area (Å²) in [5, 5.41) is 13.5. The summed E-state index contributed by atoms with van der Waals surface area (Å²) in [6, 6.07) is 15.1. The Balaban J connectivity index is 1.56. The topological polar surface area (TPSA) is 119 Å². The summed E-state index contributed by atoms with van der Waals surface area (Å²) in [5.74, 6) is -2.16. The first kappa shape index (κ1) is 21.0. The van der Waals surface area contributed by atoms with Crippen LogP contribution in [-0.2, 0) is 25.7 Å². The van der Waals surface area contributed by atoms with Crippen LogP contribution in [0.15, 0.2) is 54.6 Å². The van der Waals surface area contributed by atoms with Crippen molar-refractivity contribution in [3.8, 4) is 0 Å². The minimum atomic E-state index is -1.17. The van der Waals surface area contributed by atoms with Crippen LogP contribution in [0, 0.1) is 16.0 Å². The van der Waals surface area contributed by atoms with Crippen LogP contribution >= 0.6 is 0 Å². The van der Waals surface area contributed by atoms with Gasteiger partial charge in [0, 0.05) is 25.6 Å². The van der Waals surface area contributed by atoms with Crippen molar-refractivity contribution in [1.29, 1.82) is 0 Å². The maximum atomic E-state index is 12.4. The molecule has 2 aromatic carbocycles. The number of hydrogen-bond donors (Lipinski definition) is 1. The molecule has 0 spiro atoms. The first-order valence-corrected chi connectivity index (χ1v) is 9.41. The number of para-hydroxylation sites is 2. The van der Waals surface area contributed by atoms with E-state index in [1.807, 2.05) is 30.3 Å². The van der Waals surface area contributed by atoms with Gasteiger partial charge in [0.2, 0.25) is 5.91 Å². The third-order valence-electron chi connectivity index (χ3n) is 4.78. The number of nitro benzene ring substituents is 1. The molecule has 1 heterocycles. The maximum absolute atomic E-state index is 12.4. The second kappa shape index (κ2) is 9.17. The molecule has 1 N–H and O–H groups in total. The van der Waals surface area contributed by atoms with Gasteiger partial charge in [0.15, 0.2) is 6.10 Å². The molecule has 0 aromatic heterocycles. The number of nitro groups is 1. The Morgan fingerprint density at radius 3 is 2.57 bits per heavy atom. The molecule has 2 atom stereocenters. The van der Waals surface area contributed by atoms with Gasteiger partial charge in [-0.15, -0.1) is 0 Å². The van der Waals surface area contributed by atoms with Crippen LogP contribution < -0.4 is 5.32 Å². The van der Waals surface area contributed by atoms with Crippen LogP contribution in [0.5, 0.6) is 0 Å². The summed E-state index contributed by atoms with van der Waals surface area (Å²) < 4.78 is 5.22. The first-order valence-electron chi connectivity index (χ1n) is 9.41. The number of carbonyl (C=O) groups excluding carboxylic acids is 3. The molecule has 2 amide bonds. The predicted molar refractivity (Wildman–Crippen MR) is 107 cm³/mol. The van der Waals surface area contributed by atoms with Gasteiger partial charge in [-0.2, -0.15) is 0 Å². The number of amides is 2. The number of carbonyl (C=O) groups is 3. The van der Waals surface area contributed by atoms with E-state index in [4.69, 9.17) is 4.74 Å². The summed E-state index contributed by atoms with van der Waals surface area (Å²) in [5.41, 5.74) is 0.708. The van der Waals surface area contributed by atoms with Gasteiger partial charge in [-0.25, -0.2) is 0 Å². The van der Waals surface area contributed by atoms with Crippen molar-refractivity contribution in [2.45, 2.75) is 26.0 Å². The zero-order valence-electron chi connectivity index (χ0n) is 16.3. The summed E-state index contributed by atoms with van der Waals surface area (Å²) in [6.45, 7) is 1.99. The molecular formula is C21H21N3O6. The number of likely N-dealkylation sites (tertiary alicyclic amines) is 1. The zero-order valence-corrected chi connectivity index (χ0v) is 16.3. The van der Waals surface area contributed by atoms with Gasteiger partial charge < -0.3 is 15.0 Å². The molecule has 1 saturated heterocycles. The highest BCUT2D eigenvalue weighted by atomic mass is 16.6. The summed E-state index contributed by atoms with van der Waals surface area (Å²) >= 11 is 0. The fourth-order valence-electron chi connectivity index (χ4n) is 3.18. The zero-order chi connectivity index (χ0) is 21.7. The van der Waals surface area contributed by atoms with Crippen molar-refractivity contribution in [3.63, 3.8) is 0 Å². The lowest BCUT2D eigenvalue weighted by molar-refractivity contribution is -0.383. The number of ether oxygens (including phenoxy) is 1. The second-order valence-corrected chi connectivity index (χ2v) is 7.00. The van der Waals surface area contributed by atoms with Crippen molar-refractivity contribution in [1.82, 2.24) is 4.90 Å². The molecule has 0 aliphatic carbocycles. The molecule has 156 valence electrons. The molecule has 0 saturated carbocycles. The first-order chi connectivity index (χ1) is 14.3. The highest BCUT2D eigenvalue weighted by Crippen LogP contribution is 2.24. The Morgan fingerprint density at radius 1 is 1.20 bits per heavy atom. The van der Waals surface area contributed by atoms with Gasteiger partial charge in [-0.05, 0) is 18.6 Å². The highest BCUT2D eigenvalue weighted by Gasteiger charge is 2.36. The van der Waals surface area contributed by atoms with E-state index in [1.54, 1.807) is 11.0 Å². The maximum Gasteiger partial charge on any atom is 0.312 e. The molecule has 30 heavy (non-hydrogen) atoms.